The van der Waals surface area contributed by atoms with Gasteiger partial charge in [0.15, 0.2) is 0 Å². The molecule has 1 amide bonds. The maximum Gasteiger partial charge on any atom is 0.241 e. The third-order valence-corrected chi connectivity index (χ3v) is 6.17. The average molecular weight is 419 g/mol. The smallest absolute Gasteiger partial charge is 0.241 e. The number of carbonyl (C=O) groups excluding carboxylic acids is 1. The fourth-order valence-electron chi connectivity index (χ4n) is 3.65. The molecule has 0 saturated heterocycles. The second-order valence-corrected chi connectivity index (χ2v) is 8.93. The summed E-state index contributed by atoms with van der Waals surface area (Å²) < 4.78 is 36.4. The number of nitrogens with zero attached hydrogens (tertiary/aromatic N) is 1. The molecule has 3 rings (SSSR count). The Kier molecular flexibility index (Phi) is 6.32. The van der Waals surface area contributed by atoms with Gasteiger partial charge in [-0.25, -0.2) is 8.42 Å². The number of sulfonamides is 1. The summed E-state index contributed by atoms with van der Waals surface area (Å²) in [7, 11) is -0.760. The van der Waals surface area contributed by atoms with Crippen LogP contribution in [0.15, 0.2) is 42.5 Å². The highest BCUT2D eigenvalue weighted by atomic mass is 32.2. The van der Waals surface area contributed by atoms with E-state index in [2.05, 4.69) is 11.4 Å². The zero-order valence-electron chi connectivity index (χ0n) is 16.8. The third-order valence-electron chi connectivity index (χ3n) is 5.05. The largest absolute Gasteiger partial charge is 0.497 e. The minimum atomic E-state index is -3.71. The summed E-state index contributed by atoms with van der Waals surface area (Å²) in [6, 6.07) is 12.7. The van der Waals surface area contributed by atoms with Crippen molar-refractivity contribution in [2.45, 2.75) is 25.3 Å². The quantitative estimate of drug-likeness (QED) is 0.747. The summed E-state index contributed by atoms with van der Waals surface area (Å²) >= 11 is 0. The number of carbonyl (C=O) groups is 1. The highest BCUT2D eigenvalue weighted by Gasteiger charge is 2.27. The topological polar surface area (TPSA) is 84.9 Å². The molecule has 7 nitrogen and oxygen atoms in total. The van der Waals surface area contributed by atoms with Gasteiger partial charge in [-0.1, -0.05) is 24.3 Å². The Morgan fingerprint density at radius 1 is 1.17 bits per heavy atom. The molecule has 0 fully saturated rings. The molecule has 8 heteroatoms. The van der Waals surface area contributed by atoms with Crippen LogP contribution in [0.25, 0.3) is 0 Å². The molecule has 2 aromatic carbocycles. The summed E-state index contributed by atoms with van der Waals surface area (Å²) in [5, 5.41) is 3.00. The van der Waals surface area contributed by atoms with E-state index < -0.39 is 10.0 Å². The zero-order valence-corrected chi connectivity index (χ0v) is 17.7. The normalized spacial score (nSPS) is 15.9. The number of amides is 1. The first kappa shape index (κ1) is 21.0. The third kappa shape index (κ3) is 4.82. The summed E-state index contributed by atoms with van der Waals surface area (Å²) in [6.45, 7) is -0.333. The Morgan fingerprint density at radius 2 is 1.93 bits per heavy atom. The Morgan fingerprint density at radius 3 is 2.62 bits per heavy atom. The number of nitrogens with one attached hydrogen (secondary N) is 1. The van der Waals surface area contributed by atoms with E-state index in [0.717, 1.165) is 35.4 Å². The molecule has 0 aromatic heterocycles. The molecule has 1 aliphatic rings. The minimum absolute atomic E-state index is 0.119. The van der Waals surface area contributed by atoms with Gasteiger partial charge in [-0.05, 0) is 42.5 Å². The molecule has 0 heterocycles. The average Bonchev–Trinajstić information content (AvgIpc) is 2.71. The Labute approximate surface area is 171 Å². The Balaban J connectivity index is 1.83. The van der Waals surface area contributed by atoms with Crippen LogP contribution in [0.2, 0.25) is 0 Å². The molecule has 1 aliphatic carbocycles. The van der Waals surface area contributed by atoms with Gasteiger partial charge in [0.1, 0.15) is 18.0 Å². The van der Waals surface area contributed by atoms with Crippen LogP contribution in [0.5, 0.6) is 11.5 Å². The van der Waals surface area contributed by atoms with E-state index in [9.17, 15) is 13.2 Å². The van der Waals surface area contributed by atoms with Gasteiger partial charge in [0.05, 0.1) is 32.2 Å². The van der Waals surface area contributed by atoms with Crippen LogP contribution >= 0.6 is 0 Å². The number of fused-ring (bicyclic) bond motifs is 1. The predicted octanol–water partition coefficient (Wildman–Crippen LogP) is 2.66. The monoisotopic (exact) mass is 418 g/mol. The number of rotatable bonds is 7. The van der Waals surface area contributed by atoms with E-state index in [1.165, 1.54) is 19.8 Å². The second kappa shape index (κ2) is 8.73. The molecule has 29 heavy (non-hydrogen) atoms. The number of hydrogen-bond donors (Lipinski definition) is 1. The van der Waals surface area contributed by atoms with Crippen molar-refractivity contribution in [2.75, 3.05) is 31.3 Å². The lowest BCUT2D eigenvalue weighted by atomic mass is 9.88. The standard InChI is InChI=1S/C21H26N2O5S/c1-27-16-11-12-19(20(13-16)28-2)23(29(3,25)26)14-21(24)22-18-10-6-8-15-7-4-5-9-17(15)18/h4-5,7,9,11-13,18H,6,8,10,14H2,1-3H3,(H,22,24)/t18-/m0/s1. The van der Waals surface area contributed by atoms with Gasteiger partial charge in [0.2, 0.25) is 15.9 Å². The van der Waals surface area contributed by atoms with E-state index >= 15 is 0 Å². The zero-order chi connectivity index (χ0) is 21.0. The van der Waals surface area contributed by atoms with Crippen molar-refractivity contribution in [1.29, 1.82) is 0 Å². The van der Waals surface area contributed by atoms with Crippen molar-refractivity contribution in [3.8, 4) is 11.5 Å². The summed E-state index contributed by atoms with van der Waals surface area (Å²) in [5.41, 5.74) is 2.61. The SMILES string of the molecule is COc1ccc(N(CC(=O)N[C@H]2CCCc3ccccc32)S(C)(=O)=O)c(OC)c1. The molecule has 0 radical (unpaired) electrons. The number of anilines is 1. The highest BCUT2D eigenvalue weighted by Crippen LogP contribution is 2.34. The molecule has 156 valence electrons. The van der Waals surface area contributed by atoms with Crippen molar-refractivity contribution in [1.82, 2.24) is 5.32 Å². The van der Waals surface area contributed by atoms with Gasteiger partial charge in [-0.15, -0.1) is 0 Å². The number of aryl methyl sites for hydroxylation is 1. The van der Waals surface area contributed by atoms with Crippen LogP contribution in [-0.4, -0.2) is 41.3 Å². The number of hydrogen-bond acceptors (Lipinski definition) is 5. The van der Waals surface area contributed by atoms with E-state index in [4.69, 9.17) is 9.47 Å². The fourth-order valence-corrected chi connectivity index (χ4v) is 4.51. The van der Waals surface area contributed by atoms with E-state index in [0.29, 0.717) is 11.5 Å². The van der Waals surface area contributed by atoms with Crippen LogP contribution in [-0.2, 0) is 21.2 Å². The van der Waals surface area contributed by atoms with E-state index in [1.54, 1.807) is 18.2 Å². The minimum Gasteiger partial charge on any atom is -0.497 e. The van der Waals surface area contributed by atoms with E-state index in [-0.39, 0.29) is 24.2 Å². The lowest BCUT2D eigenvalue weighted by molar-refractivity contribution is -0.120. The molecular formula is C21H26N2O5S. The van der Waals surface area contributed by atoms with Gasteiger partial charge in [0, 0.05) is 6.07 Å². The second-order valence-electron chi connectivity index (χ2n) is 7.02. The number of benzene rings is 2. The van der Waals surface area contributed by atoms with Crippen molar-refractivity contribution < 1.29 is 22.7 Å². The van der Waals surface area contributed by atoms with Crippen LogP contribution in [0.3, 0.4) is 0 Å². The van der Waals surface area contributed by atoms with Gasteiger partial charge in [0.25, 0.3) is 0 Å². The first-order valence-corrected chi connectivity index (χ1v) is 11.2. The first-order chi connectivity index (χ1) is 13.8. The van der Waals surface area contributed by atoms with Crippen molar-refractivity contribution >= 4 is 21.6 Å². The summed E-state index contributed by atoms with van der Waals surface area (Å²) in [4.78, 5) is 12.8. The van der Waals surface area contributed by atoms with Crippen LogP contribution in [0.4, 0.5) is 5.69 Å². The summed E-state index contributed by atoms with van der Waals surface area (Å²) in [5.74, 6) is 0.475. The van der Waals surface area contributed by atoms with Crippen LogP contribution < -0.4 is 19.1 Å². The predicted molar refractivity (Wildman–Crippen MR) is 112 cm³/mol. The molecule has 1 atom stereocenters. The van der Waals surface area contributed by atoms with Gasteiger partial charge >= 0.3 is 0 Å². The first-order valence-electron chi connectivity index (χ1n) is 9.40. The lowest BCUT2D eigenvalue weighted by Crippen LogP contribution is -2.42. The highest BCUT2D eigenvalue weighted by molar-refractivity contribution is 7.92. The van der Waals surface area contributed by atoms with Gasteiger partial charge in [-0.2, -0.15) is 0 Å². The van der Waals surface area contributed by atoms with Crippen LogP contribution in [0, 0.1) is 0 Å². The molecule has 0 bridgehead atoms. The van der Waals surface area contributed by atoms with Crippen molar-refractivity contribution in [3.05, 3.63) is 53.6 Å². The molecule has 0 spiro atoms. The summed E-state index contributed by atoms with van der Waals surface area (Å²) in [6.07, 6.45) is 3.86. The maximum atomic E-state index is 12.8. The van der Waals surface area contributed by atoms with E-state index in [1.807, 2.05) is 18.2 Å². The van der Waals surface area contributed by atoms with Crippen molar-refractivity contribution in [2.24, 2.45) is 0 Å². The maximum absolute atomic E-state index is 12.8. The lowest BCUT2D eigenvalue weighted by Gasteiger charge is -2.28. The molecule has 0 aliphatic heterocycles. The number of ether oxygens (including phenoxy) is 2. The Bertz CT molecular complexity index is 990. The Hall–Kier alpha value is -2.74. The molecular weight excluding hydrogens is 392 g/mol. The molecule has 1 N–H and O–H groups in total. The number of methoxy groups -OCH3 is 2. The molecule has 2 aromatic rings. The molecule has 0 saturated carbocycles. The fraction of sp³-hybridized carbons (Fsp3) is 0.381. The van der Waals surface area contributed by atoms with Gasteiger partial charge in [-0.3, -0.25) is 9.10 Å². The van der Waals surface area contributed by atoms with Crippen LogP contribution in [0.1, 0.15) is 30.0 Å². The van der Waals surface area contributed by atoms with Gasteiger partial charge < -0.3 is 14.8 Å². The van der Waals surface area contributed by atoms with Crippen molar-refractivity contribution in [3.63, 3.8) is 0 Å². The molecule has 0 unspecified atom stereocenters.